The number of hydrogen-bond acceptors (Lipinski definition) is 7. The second-order valence-corrected chi connectivity index (χ2v) is 10.4. The number of hydrogen-bond donors (Lipinski definition) is 2. The van der Waals surface area contributed by atoms with Crippen LogP contribution in [0.3, 0.4) is 0 Å². The first-order chi connectivity index (χ1) is 15.1. The van der Waals surface area contributed by atoms with Gasteiger partial charge in [0.05, 0.1) is 5.39 Å². The standard InChI is InChI=1S/C23H32N4O3S/c24-21(29)17(28)12-14-4-9-18-19(14)20-22(25-13-26-23(20)31-18)30-16-7-5-15(6-8-16)27-10-2-1-3-11-27/h13-17,28H,1-12H2,(H2,24,29)/t14-,15-,16-,17+/m1/s1. The van der Waals surface area contributed by atoms with Crippen LogP contribution in [-0.4, -0.2) is 57.2 Å². The summed E-state index contributed by atoms with van der Waals surface area (Å²) in [5.74, 6) is 0.102. The molecule has 8 heteroatoms. The van der Waals surface area contributed by atoms with Crippen molar-refractivity contribution in [1.82, 2.24) is 14.9 Å². The molecule has 3 N–H and O–H groups in total. The molecule has 1 amide bonds. The summed E-state index contributed by atoms with van der Waals surface area (Å²) in [6.07, 6.45) is 11.4. The van der Waals surface area contributed by atoms with Crippen LogP contribution in [-0.2, 0) is 11.2 Å². The Bertz CT molecular complexity index is 934. The smallest absolute Gasteiger partial charge is 0.246 e. The third kappa shape index (κ3) is 4.30. The number of aliphatic hydroxyl groups excluding tert-OH is 1. The molecule has 2 aromatic rings. The third-order valence-corrected chi connectivity index (χ3v) is 8.53. The number of aliphatic hydroxyl groups is 1. The molecule has 1 saturated carbocycles. The highest BCUT2D eigenvalue weighted by Gasteiger charge is 2.34. The Morgan fingerprint density at radius 3 is 2.71 bits per heavy atom. The van der Waals surface area contributed by atoms with E-state index < -0.39 is 12.0 Å². The predicted molar refractivity (Wildman–Crippen MR) is 120 cm³/mol. The number of carbonyl (C=O) groups excluding carboxylic acids is 1. The maximum Gasteiger partial charge on any atom is 0.246 e. The first-order valence-corrected chi connectivity index (χ1v) is 12.6. The Labute approximate surface area is 187 Å². The van der Waals surface area contributed by atoms with Crippen LogP contribution < -0.4 is 10.5 Å². The number of primary amides is 1. The van der Waals surface area contributed by atoms with Gasteiger partial charge >= 0.3 is 0 Å². The van der Waals surface area contributed by atoms with E-state index in [1.54, 1.807) is 17.7 Å². The van der Waals surface area contributed by atoms with E-state index in [9.17, 15) is 9.90 Å². The van der Waals surface area contributed by atoms with Gasteiger partial charge in [0.1, 0.15) is 23.4 Å². The van der Waals surface area contributed by atoms with Crippen LogP contribution in [0.5, 0.6) is 5.88 Å². The maximum atomic E-state index is 11.4. The Kier molecular flexibility index (Phi) is 6.12. The molecule has 3 aliphatic rings. The number of fused-ring (bicyclic) bond motifs is 3. The first-order valence-electron chi connectivity index (χ1n) is 11.7. The van der Waals surface area contributed by atoms with Crippen LogP contribution in [0, 0.1) is 0 Å². The summed E-state index contributed by atoms with van der Waals surface area (Å²) in [7, 11) is 0. The maximum absolute atomic E-state index is 11.4. The number of piperidine rings is 1. The number of thiophene rings is 1. The van der Waals surface area contributed by atoms with Gasteiger partial charge in [0.25, 0.3) is 0 Å². The molecule has 2 aliphatic carbocycles. The number of ether oxygens (including phenoxy) is 1. The Morgan fingerprint density at radius 1 is 1.19 bits per heavy atom. The van der Waals surface area contributed by atoms with Gasteiger partial charge in [-0.15, -0.1) is 11.3 Å². The highest BCUT2D eigenvalue weighted by molar-refractivity contribution is 7.19. The van der Waals surface area contributed by atoms with E-state index in [0.29, 0.717) is 18.3 Å². The first kappa shape index (κ1) is 21.1. The monoisotopic (exact) mass is 444 g/mol. The van der Waals surface area contributed by atoms with Crippen LogP contribution in [0.25, 0.3) is 10.2 Å². The van der Waals surface area contributed by atoms with Crippen molar-refractivity contribution < 1.29 is 14.6 Å². The molecule has 1 aliphatic heterocycles. The molecule has 0 bridgehead atoms. The van der Waals surface area contributed by atoms with Crippen LogP contribution in [0.4, 0.5) is 0 Å². The number of amides is 1. The molecule has 3 heterocycles. The number of rotatable bonds is 6. The minimum Gasteiger partial charge on any atom is -0.474 e. The lowest BCUT2D eigenvalue weighted by atomic mass is 9.90. The normalized spacial score (nSPS) is 27.8. The third-order valence-electron chi connectivity index (χ3n) is 7.36. The van der Waals surface area contributed by atoms with E-state index in [-0.39, 0.29) is 12.0 Å². The van der Waals surface area contributed by atoms with E-state index in [2.05, 4.69) is 14.9 Å². The average molecular weight is 445 g/mol. The number of carbonyl (C=O) groups is 1. The van der Waals surface area contributed by atoms with Gasteiger partial charge in [-0.1, -0.05) is 6.42 Å². The summed E-state index contributed by atoms with van der Waals surface area (Å²) >= 11 is 1.69. The van der Waals surface area contributed by atoms with E-state index in [1.165, 1.54) is 50.1 Å². The molecule has 0 spiro atoms. The molecule has 0 unspecified atom stereocenters. The van der Waals surface area contributed by atoms with Gasteiger partial charge < -0.3 is 20.5 Å². The molecule has 168 valence electrons. The van der Waals surface area contributed by atoms with Gasteiger partial charge in [0.2, 0.25) is 11.8 Å². The lowest BCUT2D eigenvalue weighted by molar-refractivity contribution is -0.126. The van der Waals surface area contributed by atoms with Gasteiger partial charge in [-0.25, -0.2) is 9.97 Å². The van der Waals surface area contributed by atoms with Crippen molar-refractivity contribution >= 4 is 27.5 Å². The SMILES string of the molecule is NC(=O)[C@@H](O)C[C@H]1CCc2sc3ncnc(O[C@H]4CC[C@H](N5CCCCC5)CC4)c3c21. The fourth-order valence-electron chi connectivity index (χ4n) is 5.72. The van der Waals surface area contributed by atoms with Crippen LogP contribution in [0.15, 0.2) is 6.33 Å². The van der Waals surface area contributed by atoms with Gasteiger partial charge in [0, 0.05) is 10.9 Å². The van der Waals surface area contributed by atoms with Crippen molar-refractivity contribution in [3.8, 4) is 5.88 Å². The quantitative estimate of drug-likeness (QED) is 0.710. The Hall–Kier alpha value is -1.77. The number of aryl methyl sites for hydroxylation is 1. The van der Waals surface area contributed by atoms with Gasteiger partial charge in [0.15, 0.2) is 0 Å². The minimum absolute atomic E-state index is 0.0921. The zero-order valence-electron chi connectivity index (χ0n) is 18.0. The summed E-state index contributed by atoms with van der Waals surface area (Å²) < 4.78 is 6.47. The van der Waals surface area contributed by atoms with Crippen LogP contribution in [0.1, 0.15) is 74.1 Å². The summed E-state index contributed by atoms with van der Waals surface area (Å²) in [5, 5.41) is 11.0. The largest absolute Gasteiger partial charge is 0.474 e. The molecule has 5 rings (SSSR count). The van der Waals surface area contributed by atoms with Crippen molar-refractivity contribution in [2.24, 2.45) is 5.73 Å². The zero-order chi connectivity index (χ0) is 21.4. The second kappa shape index (κ2) is 9.00. The summed E-state index contributed by atoms with van der Waals surface area (Å²) in [6.45, 7) is 2.50. The summed E-state index contributed by atoms with van der Waals surface area (Å²) in [4.78, 5) is 25.3. The minimum atomic E-state index is -1.12. The Balaban J connectivity index is 1.31. The molecule has 31 heavy (non-hydrogen) atoms. The van der Waals surface area contributed by atoms with Crippen molar-refractivity contribution in [2.75, 3.05) is 13.1 Å². The summed E-state index contributed by atoms with van der Waals surface area (Å²) in [6, 6.07) is 0.704. The zero-order valence-corrected chi connectivity index (χ0v) is 18.8. The molecule has 0 radical (unpaired) electrons. The van der Waals surface area contributed by atoms with E-state index in [0.717, 1.165) is 41.5 Å². The van der Waals surface area contributed by atoms with Crippen molar-refractivity contribution in [2.45, 2.75) is 88.4 Å². The molecule has 2 atom stereocenters. The van der Waals surface area contributed by atoms with E-state index in [1.807, 2.05) is 0 Å². The predicted octanol–water partition coefficient (Wildman–Crippen LogP) is 3.13. The number of likely N-dealkylation sites (tertiary alicyclic amines) is 1. The lowest BCUT2D eigenvalue weighted by Gasteiger charge is -2.38. The number of nitrogens with two attached hydrogens (primary N) is 1. The highest BCUT2D eigenvalue weighted by Crippen LogP contribution is 2.47. The molecular weight excluding hydrogens is 412 g/mol. The molecule has 1 saturated heterocycles. The molecule has 0 aromatic carbocycles. The second-order valence-electron chi connectivity index (χ2n) is 9.33. The molecule has 2 fully saturated rings. The van der Waals surface area contributed by atoms with E-state index >= 15 is 0 Å². The highest BCUT2D eigenvalue weighted by atomic mass is 32.1. The fourth-order valence-corrected chi connectivity index (χ4v) is 6.95. The molecular formula is C23H32N4O3S. The van der Waals surface area contributed by atoms with Crippen molar-refractivity contribution in [1.29, 1.82) is 0 Å². The van der Waals surface area contributed by atoms with Crippen molar-refractivity contribution in [3.63, 3.8) is 0 Å². The molecule has 7 nitrogen and oxygen atoms in total. The van der Waals surface area contributed by atoms with Gasteiger partial charge in [-0.05, 0) is 82.4 Å². The number of nitrogens with zero attached hydrogens (tertiary/aromatic N) is 3. The van der Waals surface area contributed by atoms with Crippen molar-refractivity contribution in [3.05, 3.63) is 16.8 Å². The average Bonchev–Trinajstić information content (AvgIpc) is 3.35. The van der Waals surface area contributed by atoms with E-state index in [4.69, 9.17) is 10.5 Å². The summed E-state index contributed by atoms with van der Waals surface area (Å²) in [5.41, 5.74) is 6.47. The van der Waals surface area contributed by atoms with Gasteiger partial charge in [-0.3, -0.25) is 4.79 Å². The topological polar surface area (TPSA) is 102 Å². The molecule has 2 aromatic heterocycles. The fraction of sp³-hybridized carbons (Fsp3) is 0.696. The lowest BCUT2D eigenvalue weighted by Crippen LogP contribution is -2.42. The van der Waals surface area contributed by atoms with Gasteiger partial charge in [-0.2, -0.15) is 0 Å². The Morgan fingerprint density at radius 2 is 1.97 bits per heavy atom. The van der Waals surface area contributed by atoms with Crippen LogP contribution >= 0.6 is 11.3 Å². The van der Waals surface area contributed by atoms with Crippen LogP contribution in [0.2, 0.25) is 0 Å². The number of aromatic nitrogens is 2.